The summed E-state index contributed by atoms with van der Waals surface area (Å²) in [6.07, 6.45) is 4.35. The second-order valence-electron chi connectivity index (χ2n) is 5.79. The van der Waals surface area contributed by atoms with Crippen LogP contribution < -0.4 is 0 Å². The van der Waals surface area contributed by atoms with Gasteiger partial charge in [0.2, 0.25) is 5.91 Å². The maximum atomic E-state index is 13.0. The molecule has 1 unspecified atom stereocenters. The molecular formula is C18H20FNOS. The van der Waals surface area contributed by atoms with Crippen molar-refractivity contribution in [3.63, 3.8) is 0 Å². The summed E-state index contributed by atoms with van der Waals surface area (Å²) in [5.74, 6) is 0.0389. The van der Waals surface area contributed by atoms with Crippen molar-refractivity contribution in [1.82, 2.24) is 4.90 Å². The van der Waals surface area contributed by atoms with Crippen molar-refractivity contribution in [3.8, 4) is 0 Å². The number of carbonyl (C=O) groups is 1. The number of nitrogens with zero attached hydrogens (tertiary/aromatic N) is 1. The molecule has 1 aliphatic heterocycles. The number of benzene rings is 1. The Morgan fingerprint density at radius 1 is 1.27 bits per heavy atom. The van der Waals surface area contributed by atoms with E-state index in [1.165, 1.54) is 17.0 Å². The second-order valence-corrected chi connectivity index (χ2v) is 6.83. The minimum Gasteiger partial charge on any atom is -0.339 e. The van der Waals surface area contributed by atoms with Crippen molar-refractivity contribution < 1.29 is 9.18 Å². The van der Waals surface area contributed by atoms with Gasteiger partial charge in [-0.2, -0.15) is 0 Å². The molecule has 0 radical (unpaired) electrons. The van der Waals surface area contributed by atoms with Gasteiger partial charge in [0.1, 0.15) is 5.82 Å². The van der Waals surface area contributed by atoms with Crippen LogP contribution in [-0.4, -0.2) is 23.4 Å². The Balaban J connectivity index is 1.57. The van der Waals surface area contributed by atoms with Crippen molar-refractivity contribution >= 4 is 17.2 Å². The largest absolute Gasteiger partial charge is 0.339 e. The first-order valence-electron chi connectivity index (χ1n) is 7.78. The van der Waals surface area contributed by atoms with Crippen LogP contribution in [0.5, 0.6) is 0 Å². The third-order valence-electron chi connectivity index (χ3n) is 4.25. The number of aryl methyl sites for hydroxylation is 1. The maximum Gasteiger partial charge on any atom is 0.223 e. The Bertz CT molecular complexity index is 609. The van der Waals surface area contributed by atoms with Gasteiger partial charge >= 0.3 is 0 Å². The minimum absolute atomic E-state index is 0.209. The molecule has 1 fully saturated rings. The van der Waals surface area contributed by atoms with Crippen molar-refractivity contribution in [1.29, 1.82) is 0 Å². The molecule has 0 bridgehead atoms. The number of likely N-dealkylation sites (tertiary alicyclic amines) is 1. The Morgan fingerprint density at radius 3 is 2.82 bits per heavy atom. The molecule has 2 heterocycles. The molecule has 0 spiro atoms. The van der Waals surface area contributed by atoms with Crippen LogP contribution in [-0.2, 0) is 17.6 Å². The summed E-state index contributed by atoms with van der Waals surface area (Å²) in [4.78, 5) is 15.8. The Labute approximate surface area is 134 Å². The summed E-state index contributed by atoms with van der Waals surface area (Å²) in [5.41, 5.74) is 1.10. The Hall–Kier alpha value is -1.68. The predicted molar refractivity (Wildman–Crippen MR) is 87.5 cm³/mol. The molecule has 1 atom stereocenters. The van der Waals surface area contributed by atoms with E-state index in [4.69, 9.17) is 0 Å². The highest BCUT2D eigenvalue weighted by molar-refractivity contribution is 7.09. The van der Waals surface area contributed by atoms with Gasteiger partial charge in [0.15, 0.2) is 0 Å². The lowest BCUT2D eigenvalue weighted by molar-refractivity contribution is -0.131. The van der Waals surface area contributed by atoms with Gasteiger partial charge in [-0.15, -0.1) is 11.3 Å². The Kier molecular flexibility index (Phi) is 4.88. The van der Waals surface area contributed by atoms with Crippen LogP contribution in [0.1, 0.15) is 29.7 Å². The number of thiophene rings is 1. The average molecular weight is 317 g/mol. The fraction of sp³-hybridized carbons (Fsp3) is 0.389. The van der Waals surface area contributed by atoms with Crippen molar-refractivity contribution in [2.24, 2.45) is 0 Å². The zero-order valence-corrected chi connectivity index (χ0v) is 13.3. The zero-order valence-electron chi connectivity index (χ0n) is 12.5. The normalized spacial score (nSPS) is 17.9. The number of rotatable bonds is 5. The fourth-order valence-corrected chi connectivity index (χ4v) is 3.81. The monoisotopic (exact) mass is 317 g/mol. The lowest BCUT2D eigenvalue weighted by Gasteiger charge is -2.25. The number of hydrogen-bond donors (Lipinski definition) is 0. The van der Waals surface area contributed by atoms with E-state index in [9.17, 15) is 9.18 Å². The summed E-state index contributed by atoms with van der Waals surface area (Å²) < 4.78 is 13.0. The lowest BCUT2D eigenvalue weighted by Crippen LogP contribution is -2.36. The van der Waals surface area contributed by atoms with Crippen LogP contribution in [0.25, 0.3) is 0 Å². The van der Waals surface area contributed by atoms with Crippen LogP contribution in [0, 0.1) is 5.82 Å². The smallest absolute Gasteiger partial charge is 0.223 e. The van der Waals surface area contributed by atoms with Crippen LogP contribution >= 0.6 is 11.3 Å². The quantitative estimate of drug-likeness (QED) is 0.814. The lowest BCUT2D eigenvalue weighted by atomic mass is 10.0. The number of hydrogen-bond acceptors (Lipinski definition) is 2. The molecular weight excluding hydrogens is 297 g/mol. The van der Waals surface area contributed by atoms with E-state index in [-0.39, 0.29) is 17.8 Å². The summed E-state index contributed by atoms with van der Waals surface area (Å²) >= 11 is 1.71. The van der Waals surface area contributed by atoms with Gasteiger partial charge in [0.05, 0.1) is 0 Å². The molecule has 3 rings (SSSR count). The molecule has 1 aromatic carbocycles. The van der Waals surface area contributed by atoms with E-state index < -0.39 is 0 Å². The van der Waals surface area contributed by atoms with E-state index in [1.54, 1.807) is 11.3 Å². The fourth-order valence-electron chi connectivity index (χ4n) is 3.10. The molecule has 1 aromatic heterocycles. The van der Waals surface area contributed by atoms with Gasteiger partial charge in [0, 0.05) is 23.9 Å². The molecule has 1 aliphatic rings. The highest BCUT2D eigenvalue weighted by Gasteiger charge is 2.28. The number of halogens is 1. The molecule has 0 saturated carbocycles. The standard InChI is InChI=1S/C18H20FNOS/c19-15-7-5-14(6-8-15)13-16-3-1-11-20(16)18(21)10-9-17-4-2-12-22-17/h2,4-8,12,16H,1,3,9-11,13H2. The van der Waals surface area contributed by atoms with E-state index in [0.717, 1.165) is 37.8 Å². The van der Waals surface area contributed by atoms with Crippen LogP contribution in [0.4, 0.5) is 4.39 Å². The van der Waals surface area contributed by atoms with Gasteiger partial charge in [0.25, 0.3) is 0 Å². The summed E-state index contributed by atoms with van der Waals surface area (Å²) in [6.45, 7) is 0.856. The maximum absolute atomic E-state index is 13.0. The molecule has 1 amide bonds. The number of carbonyl (C=O) groups excluding carboxylic acids is 1. The average Bonchev–Trinajstić information content (AvgIpc) is 3.18. The topological polar surface area (TPSA) is 20.3 Å². The summed E-state index contributed by atoms with van der Waals surface area (Å²) in [5, 5.41) is 2.05. The molecule has 2 nitrogen and oxygen atoms in total. The van der Waals surface area contributed by atoms with Gasteiger partial charge < -0.3 is 4.90 Å². The molecule has 0 aliphatic carbocycles. The first kappa shape index (κ1) is 15.2. The molecule has 2 aromatic rings. The summed E-state index contributed by atoms with van der Waals surface area (Å²) in [6, 6.07) is 11.0. The van der Waals surface area contributed by atoms with Gasteiger partial charge in [-0.3, -0.25) is 4.79 Å². The highest BCUT2D eigenvalue weighted by Crippen LogP contribution is 2.23. The van der Waals surface area contributed by atoms with Gasteiger partial charge in [-0.1, -0.05) is 18.2 Å². The molecule has 22 heavy (non-hydrogen) atoms. The van der Waals surface area contributed by atoms with E-state index in [1.807, 2.05) is 28.5 Å². The summed E-state index contributed by atoms with van der Waals surface area (Å²) in [7, 11) is 0. The van der Waals surface area contributed by atoms with E-state index in [2.05, 4.69) is 6.07 Å². The molecule has 0 N–H and O–H groups in total. The van der Waals surface area contributed by atoms with Crippen molar-refractivity contribution in [2.75, 3.05) is 6.54 Å². The SMILES string of the molecule is O=C(CCc1cccs1)N1CCCC1Cc1ccc(F)cc1. The van der Waals surface area contributed by atoms with Crippen LogP contribution in [0.3, 0.4) is 0 Å². The Morgan fingerprint density at radius 2 is 2.09 bits per heavy atom. The third kappa shape index (κ3) is 3.74. The van der Waals surface area contributed by atoms with E-state index >= 15 is 0 Å². The first-order valence-corrected chi connectivity index (χ1v) is 8.66. The van der Waals surface area contributed by atoms with Gasteiger partial charge in [-0.05, 0) is 54.8 Å². The molecule has 4 heteroatoms. The van der Waals surface area contributed by atoms with Crippen molar-refractivity contribution in [3.05, 3.63) is 58.0 Å². The molecule has 116 valence electrons. The third-order valence-corrected chi connectivity index (χ3v) is 5.18. The minimum atomic E-state index is -0.209. The van der Waals surface area contributed by atoms with Crippen molar-refractivity contribution in [2.45, 2.75) is 38.1 Å². The predicted octanol–water partition coefficient (Wildman–Crippen LogP) is 4.05. The van der Waals surface area contributed by atoms with Crippen LogP contribution in [0.15, 0.2) is 41.8 Å². The second kappa shape index (κ2) is 7.05. The van der Waals surface area contributed by atoms with E-state index in [0.29, 0.717) is 6.42 Å². The zero-order chi connectivity index (χ0) is 15.4. The highest BCUT2D eigenvalue weighted by atomic mass is 32.1. The first-order chi connectivity index (χ1) is 10.7. The van der Waals surface area contributed by atoms with Crippen LogP contribution in [0.2, 0.25) is 0 Å². The van der Waals surface area contributed by atoms with Gasteiger partial charge in [-0.25, -0.2) is 4.39 Å². The number of amides is 1. The molecule has 1 saturated heterocycles.